The van der Waals surface area contributed by atoms with Crippen LogP contribution in [0, 0.1) is 32.0 Å². The second-order valence-corrected chi connectivity index (χ2v) is 1.85. The number of nitrogens with one attached hydrogen (secondary N) is 4. The normalized spacial score (nSPS) is 4.56. The molecule has 0 bridgehead atoms. The Morgan fingerprint density at radius 2 is 0.833 bits per heavy atom. The molecule has 0 unspecified atom stereocenters. The second-order valence-electron chi connectivity index (χ2n) is 1.28. The van der Waals surface area contributed by atoms with Crippen molar-refractivity contribution in [2.75, 3.05) is 26.2 Å². The van der Waals surface area contributed by atoms with Gasteiger partial charge in [0.1, 0.15) is 5.40 Å². The quantitative estimate of drug-likeness (QED) is 0.458. The predicted molar refractivity (Wildman–Crippen MR) is 77.3 cm³/mol. The van der Waals surface area contributed by atoms with E-state index < -0.39 is 0 Å². The number of rotatable bonds is 2. The van der Waals surface area contributed by atoms with Gasteiger partial charge < -0.3 is 48.2 Å². The van der Waals surface area contributed by atoms with Crippen LogP contribution in [-0.2, 0) is 42.0 Å². The Hall–Kier alpha value is -0.394. The van der Waals surface area contributed by atoms with Crippen LogP contribution >= 0.6 is 12.6 Å². The van der Waals surface area contributed by atoms with Crippen molar-refractivity contribution in [3.05, 3.63) is 22.9 Å². The molecule has 0 amide bonds. The molecule has 0 radical (unpaired) electrons. The number of hydrogen-bond donors (Lipinski definition) is 1. The molecule has 18 heavy (non-hydrogen) atoms. The van der Waals surface area contributed by atoms with E-state index in [9.17, 15) is 0 Å². The zero-order valence-electron chi connectivity index (χ0n) is 9.27. The van der Waals surface area contributed by atoms with Gasteiger partial charge in [-0.15, -0.1) is 0 Å². The van der Waals surface area contributed by atoms with E-state index in [0.717, 1.165) is 0 Å². The first-order chi connectivity index (χ1) is 8.07. The summed E-state index contributed by atoms with van der Waals surface area (Å²) in [5.41, 5.74) is 25.1. The molecule has 0 fully saturated rings. The Labute approximate surface area is 135 Å². The van der Waals surface area contributed by atoms with E-state index in [2.05, 4.69) is 37.9 Å². The molecule has 106 valence electrons. The fourth-order valence-electron chi connectivity index (χ4n) is 0. The maximum Gasteiger partial charge on any atom is 3.00 e. The van der Waals surface area contributed by atoms with Gasteiger partial charge in [-0.25, -0.2) is 10.5 Å². The van der Waals surface area contributed by atoms with Crippen molar-refractivity contribution in [2.45, 2.75) is 0 Å². The zero-order valence-corrected chi connectivity index (χ0v) is 12.8. The topological polar surface area (TPSA) is 167 Å². The molecule has 4 N–H and O–H groups in total. The summed E-state index contributed by atoms with van der Waals surface area (Å²) in [6.45, 7) is 0.944. The van der Waals surface area contributed by atoms with E-state index in [1.54, 1.807) is 0 Å². The first kappa shape index (κ1) is 36.0. The van der Waals surface area contributed by atoms with Crippen molar-refractivity contribution in [2.24, 2.45) is 0 Å². The third kappa shape index (κ3) is 1290. The molecule has 0 spiro atoms. The largest absolute Gasteiger partial charge is 3.00 e. The number of nitrogens with zero attached hydrogens (tertiary/aromatic N) is 3. The summed E-state index contributed by atoms with van der Waals surface area (Å²) in [6.07, 6.45) is 0. The van der Waals surface area contributed by atoms with Crippen LogP contribution in [0.25, 0.3) is 22.9 Å². The number of thiol groups is 1. The minimum absolute atomic E-state index is 0. The van der Waals surface area contributed by atoms with E-state index in [-0.39, 0.29) is 43.0 Å². The van der Waals surface area contributed by atoms with Crippen LogP contribution in [0.2, 0.25) is 0 Å². The van der Waals surface area contributed by atoms with Crippen LogP contribution in [0.3, 0.4) is 0 Å². The molecular formula is C7H13CoN7S3-3. The van der Waals surface area contributed by atoms with E-state index in [1.165, 1.54) is 16.2 Å². The monoisotopic (exact) mass is 350 g/mol. The van der Waals surface area contributed by atoms with Gasteiger partial charge in [0.25, 0.3) is 0 Å². The summed E-state index contributed by atoms with van der Waals surface area (Å²) >= 11 is 10.5. The van der Waals surface area contributed by atoms with Gasteiger partial charge in [0.15, 0.2) is 0 Å². The Kier molecular flexibility index (Phi) is 186. The van der Waals surface area contributed by atoms with Crippen molar-refractivity contribution in [1.82, 2.24) is 0 Å². The summed E-state index contributed by atoms with van der Waals surface area (Å²) in [6, 6.07) is 0. The molecule has 0 aromatic heterocycles. The molecule has 0 atom stereocenters. The summed E-state index contributed by atoms with van der Waals surface area (Å²) in [5, 5.41) is 25.6. The fourth-order valence-corrected chi connectivity index (χ4v) is 0. The van der Waals surface area contributed by atoms with Crippen molar-refractivity contribution >= 4 is 37.9 Å². The van der Waals surface area contributed by atoms with Gasteiger partial charge in [0, 0.05) is 0 Å². The molecule has 0 aliphatic carbocycles. The van der Waals surface area contributed by atoms with Crippen LogP contribution in [0.15, 0.2) is 0 Å². The van der Waals surface area contributed by atoms with Crippen molar-refractivity contribution in [1.29, 1.82) is 15.8 Å². The van der Waals surface area contributed by atoms with E-state index in [4.69, 9.17) is 38.7 Å². The molecule has 7 nitrogen and oxygen atoms in total. The van der Waals surface area contributed by atoms with Crippen LogP contribution in [0.5, 0.6) is 0 Å². The predicted octanol–water partition coefficient (Wildman–Crippen LogP) is 2.61. The smallest absolute Gasteiger partial charge is 0.696 e. The SMILES string of the molecule is N#CS.N#C[S-].N#C[S-].[Co+3].[NH-]CC[NH-].[NH-]CC[NH-]. The third-order valence-corrected chi connectivity index (χ3v) is 0.250. The van der Waals surface area contributed by atoms with Gasteiger partial charge in [-0.2, -0.15) is 31.4 Å². The number of nitriles is 3. The molecular weight excluding hydrogens is 337 g/mol. The molecule has 0 heterocycles. The van der Waals surface area contributed by atoms with Gasteiger partial charge in [-0.3, -0.25) is 0 Å². The minimum Gasteiger partial charge on any atom is -0.696 e. The van der Waals surface area contributed by atoms with Crippen molar-refractivity contribution < 1.29 is 16.8 Å². The Bertz CT molecular complexity index is 162. The number of hydrogen-bond acceptors (Lipinski definition) is 6. The minimum atomic E-state index is 0. The van der Waals surface area contributed by atoms with Gasteiger partial charge in [-0.1, -0.05) is 23.4 Å². The van der Waals surface area contributed by atoms with Crippen LogP contribution in [-0.4, -0.2) is 26.2 Å². The second kappa shape index (κ2) is 92.7. The first-order valence-electron chi connectivity index (χ1n) is 3.72. The van der Waals surface area contributed by atoms with Crippen LogP contribution < -0.4 is 0 Å². The molecule has 0 aromatic rings. The summed E-state index contributed by atoms with van der Waals surface area (Å²) in [4.78, 5) is 0. The standard InChI is InChI=1S/2C2H6N2.3CHNS.Co/c2*3-1-2-4;3*2-1-3;/h2*3-4H,1-2H2;3*3H;/q2*-2;;;;+3/p-2. The fraction of sp³-hybridized carbons (Fsp3) is 0.571. The molecule has 0 saturated heterocycles. The van der Waals surface area contributed by atoms with E-state index in [0.29, 0.717) is 0 Å². The molecule has 0 rings (SSSR count). The maximum absolute atomic E-state index is 7.18. The summed E-state index contributed by atoms with van der Waals surface area (Å²) < 4.78 is 0. The van der Waals surface area contributed by atoms with Crippen LogP contribution in [0.1, 0.15) is 0 Å². The first-order valence-corrected chi connectivity index (χ1v) is 4.98. The molecule has 0 saturated carbocycles. The molecule has 0 aromatic carbocycles. The van der Waals surface area contributed by atoms with Gasteiger partial charge in [0.05, 0.1) is 0 Å². The van der Waals surface area contributed by atoms with E-state index in [1.807, 2.05) is 0 Å². The van der Waals surface area contributed by atoms with Gasteiger partial charge in [-0.05, 0) is 0 Å². The van der Waals surface area contributed by atoms with Crippen LogP contribution in [0.4, 0.5) is 0 Å². The maximum atomic E-state index is 7.18. The average Bonchev–Trinajstić information content (AvgIpc) is 2.32. The molecule has 0 aliphatic rings. The molecule has 11 heteroatoms. The summed E-state index contributed by atoms with van der Waals surface area (Å²) in [5.74, 6) is 0. The zero-order chi connectivity index (χ0) is 14.9. The Balaban J connectivity index is -0.0000000249. The van der Waals surface area contributed by atoms with Gasteiger partial charge >= 0.3 is 16.8 Å². The van der Waals surface area contributed by atoms with Crippen molar-refractivity contribution in [3.8, 4) is 16.2 Å². The average molecular weight is 350 g/mol. The van der Waals surface area contributed by atoms with E-state index >= 15 is 0 Å². The summed E-state index contributed by atoms with van der Waals surface area (Å²) in [7, 11) is 0. The van der Waals surface area contributed by atoms with Crippen molar-refractivity contribution in [3.63, 3.8) is 0 Å². The van der Waals surface area contributed by atoms with Gasteiger partial charge in [0.2, 0.25) is 0 Å². The number of thiocyanates is 3. The third-order valence-electron chi connectivity index (χ3n) is 0.250. The Morgan fingerprint density at radius 1 is 0.778 bits per heavy atom. The Morgan fingerprint density at radius 3 is 0.833 bits per heavy atom. The molecule has 0 aliphatic heterocycles.